The number of ether oxygens (including phenoxy) is 3. The molecular formula is C17H23BrO4. The SMILES string of the molecule is COCCOCCOC(=O)C(C)(C)/C=C(/Br)c1ccccc1. The molecule has 1 aromatic rings. The van der Waals surface area contributed by atoms with Gasteiger partial charge in [0.15, 0.2) is 0 Å². The highest BCUT2D eigenvalue weighted by Gasteiger charge is 2.27. The van der Waals surface area contributed by atoms with Crippen LogP contribution < -0.4 is 0 Å². The van der Waals surface area contributed by atoms with E-state index in [0.29, 0.717) is 19.8 Å². The lowest BCUT2D eigenvalue weighted by Gasteiger charge is -2.19. The molecule has 0 fully saturated rings. The van der Waals surface area contributed by atoms with Gasteiger partial charge in [-0.1, -0.05) is 52.3 Å². The lowest BCUT2D eigenvalue weighted by atomic mass is 9.92. The van der Waals surface area contributed by atoms with Crippen molar-refractivity contribution in [2.24, 2.45) is 5.41 Å². The minimum atomic E-state index is -0.721. The molecular weight excluding hydrogens is 348 g/mol. The van der Waals surface area contributed by atoms with Gasteiger partial charge in [-0.15, -0.1) is 0 Å². The molecule has 0 bridgehead atoms. The lowest BCUT2D eigenvalue weighted by Crippen LogP contribution is -2.26. The number of benzene rings is 1. The summed E-state index contributed by atoms with van der Waals surface area (Å²) in [6.45, 7) is 5.29. The van der Waals surface area contributed by atoms with E-state index >= 15 is 0 Å². The molecule has 5 heteroatoms. The maximum Gasteiger partial charge on any atom is 0.315 e. The molecule has 0 unspecified atom stereocenters. The second-order valence-corrected chi connectivity index (χ2v) is 6.18. The van der Waals surface area contributed by atoms with Crippen molar-refractivity contribution >= 4 is 26.4 Å². The number of hydrogen-bond donors (Lipinski definition) is 0. The van der Waals surface area contributed by atoms with E-state index in [1.165, 1.54) is 0 Å². The van der Waals surface area contributed by atoms with Gasteiger partial charge >= 0.3 is 5.97 Å². The molecule has 0 aromatic heterocycles. The van der Waals surface area contributed by atoms with Crippen LogP contribution in [0, 0.1) is 5.41 Å². The van der Waals surface area contributed by atoms with Gasteiger partial charge in [-0.25, -0.2) is 0 Å². The Morgan fingerprint density at radius 2 is 1.77 bits per heavy atom. The molecule has 1 aromatic carbocycles. The summed E-state index contributed by atoms with van der Waals surface area (Å²) in [6.07, 6.45) is 1.86. The molecule has 0 amide bonds. The number of methoxy groups -OCH3 is 1. The fraction of sp³-hybridized carbons (Fsp3) is 0.471. The van der Waals surface area contributed by atoms with E-state index in [-0.39, 0.29) is 12.6 Å². The Morgan fingerprint density at radius 3 is 2.41 bits per heavy atom. The highest BCUT2D eigenvalue weighted by Crippen LogP contribution is 2.29. The van der Waals surface area contributed by atoms with Gasteiger partial charge in [-0.3, -0.25) is 4.79 Å². The van der Waals surface area contributed by atoms with Crippen molar-refractivity contribution in [1.82, 2.24) is 0 Å². The molecule has 0 aliphatic heterocycles. The first kappa shape index (κ1) is 18.9. The largest absolute Gasteiger partial charge is 0.463 e. The van der Waals surface area contributed by atoms with Gasteiger partial charge in [0.25, 0.3) is 0 Å². The highest BCUT2D eigenvalue weighted by molar-refractivity contribution is 9.15. The summed E-state index contributed by atoms with van der Waals surface area (Å²) < 4.78 is 16.2. The predicted molar refractivity (Wildman–Crippen MR) is 90.8 cm³/mol. The fourth-order valence-electron chi connectivity index (χ4n) is 1.68. The zero-order valence-corrected chi connectivity index (χ0v) is 14.9. The second-order valence-electron chi connectivity index (χ2n) is 5.32. The Bertz CT molecular complexity index is 483. The quantitative estimate of drug-likeness (QED) is 0.491. The van der Waals surface area contributed by atoms with Crippen LogP contribution in [0.4, 0.5) is 0 Å². The monoisotopic (exact) mass is 370 g/mol. The number of rotatable bonds is 9. The third-order valence-electron chi connectivity index (χ3n) is 2.96. The van der Waals surface area contributed by atoms with Crippen LogP contribution in [0.1, 0.15) is 19.4 Å². The molecule has 0 saturated carbocycles. The van der Waals surface area contributed by atoms with Gasteiger partial charge in [0.2, 0.25) is 0 Å². The normalized spacial score (nSPS) is 12.3. The van der Waals surface area contributed by atoms with Crippen LogP contribution in [-0.4, -0.2) is 39.5 Å². The van der Waals surface area contributed by atoms with Gasteiger partial charge in [0, 0.05) is 11.6 Å². The summed E-state index contributed by atoms with van der Waals surface area (Å²) in [5.74, 6) is -0.282. The summed E-state index contributed by atoms with van der Waals surface area (Å²) in [6, 6.07) is 9.81. The standard InChI is InChI=1S/C17H23BrO4/c1-17(2,13-15(18)14-7-5-4-6-8-14)16(19)22-12-11-21-10-9-20-3/h4-8,13H,9-12H2,1-3H3/b15-13+. The number of carbonyl (C=O) groups is 1. The molecule has 122 valence electrons. The minimum Gasteiger partial charge on any atom is -0.463 e. The molecule has 0 N–H and O–H groups in total. The van der Waals surface area contributed by atoms with E-state index in [2.05, 4.69) is 15.9 Å². The average molecular weight is 371 g/mol. The first-order valence-electron chi connectivity index (χ1n) is 7.15. The third-order valence-corrected chi connectivity index (χ3v) is 3.64. The molecule has 0 radical (unpaired) electrons. The highest BCUT2D eigenvalue weighted by atomic mass is 79.9. The number of hydrogen-bond acceptors (Lipinski definition) is 4. The molecule has 0 aliphatic rings. The van der Waals surface area contributed by atoms with Gasteiger partial charge in [0.1, 0.15) is 6.61 Å². The van der Waals surface area contributed by atoms with Crippen LogP contribution in [-0.2, 0) is 19.0 Å². The van der Waals surface area contributed by atoms with Gasteiger partial charge in [-0.2, -0.15) is 0 Å². The van der Waals surface area contributed by atoms with Crippen molar-refractivity contribution in [1.29, 1.82) is 0 Å². The van der Waals surface area contributed by atoms with E-state index in [9.17, 15) is 4.79 Å². The average Bonchev–Trinajstić information content (AvgIpc) is 2.51. The van der Waals surface area contributed by atoms with E-state index in [4.69, 9.17) is 14.2 Å². The lowest BCUT2D eigenvalue weighted by molar-refractivity contribution is -0.152. The predicted octanol–water partition coefficient (Wildman–Crippen LogP) is 3.65. The Hall–Kier alpha value is -1.17. The van der Waals surface area contributed by atoms with Gasteiger partial charge < -0.3 is 14.2 Å². The Morgan fingerprint density at radius 1 is 1.14 bits per heavy atom. The molecule has 0 saturated heterocycles. The van der Waals surface area contributed by atoms with E-state index in [1.807, 2.05) is 50.3 Å². The van der Waals surface area contributed by atoms with Crippen LogP contribution in [0.15, 0.2) is 36.4 Å². The van der Waals surface area contributed by atoms with Crippen LogP contribution >= 0.6 is 15.9 Å². The van der Waals surface area contributed by atoms with Crippen molar-refractivity contribution in [2.45, 2.75) is 13.8 Å². The second kappa shape index (κ2) is 9.77. The van der Waals surface area contributed by atoms with Crippen molar-refractivity contribution in [3.63, 3.8) is 0 Å². The van der Waals surface area contributed by atoms with Crippen molar-refractivity contribution in [3.05, 3.63) is 42.0 Å². The maximum absolute atomic E-state index is 12.2. The summed E-state index contributed by atoms with van der Waals surface area (Å²) in [5.41, 5.74) is 0.299. The van der Waals surface area contributed by atoms with Crippen LogP contribution in [0.5, 0.6) is 0 Å². The topological polar surface area (TPSA) is 44.8 Å². The van der Waals surface area contributed by atoms with E-state index in [1.54, 1.807) is 7.11 Å². The fourth-order valence-corrected chi connectivity index (χ4v) is 2.52. The van der Waals surface area contributed by atoms with E-state index in [0.717, 1.165) is 10.0 Å². The van der Waals surface area contributed by atoms with Crippen molar-refractivity contribution in [2.75, 3.05) is 33.5 Å². The number of halogens is 1. The van der Waals surface area contributed by atoms with Crippen LogP contribution in [0.25, 0.3) is 4.48 Å². The molecule has 1 rings (SSSR count). The third kappa shape index (κ3) is 6.73. The minimum absolute atomic E-state index is 0.239. The molecule has 0 aliphatic carbocycles. The summed E-state index contributed by atoms with van der Waals surface area (Å²) >= 11 is 3.52. The van der Waals surface area contributed by atoms with Crippen molar-refractivity contribution in [3.8, 4) is 0 Å². The summed E-state index contributed by atoms with van der Waals surface area (Å²) in [7, 11) is 1.61. The smallest absolute Gasteiger partial charge is 0.315 e. The maximum atomic E-state index is 12.2. The van der Waals surface area contributed by atoms with Crippen LogP contribution in [0.2, 0.25) is 0 Å². The Kier molecular flexibility index (Phi) is 8.38. The first-order valence-corrected chi connectivity index (χ1v) is 7.94. The Balaban J connectivity index is 2.49. The Labute approximate surface area is 140 Å². The van der Waals surface area contributed by atoms with Gasteiger partial charge in [0.05, 0.1) is 25.2 Å². The first-order chi connectivity index (χ1) is 10.5. The molecule has 0 spiro atoms. The molecule has 0 atom stereocenters. The van der Waals surface area contributed by atoms with Crippen molar-refractivity contribution < 1.29 is 19.0 Å². The zero-order chi connectivity index (χ0) is 16.4. The summed E-state index contributed by atoms with van der Waals surface area (Å²) in [4.78, 5) is 12.2. The number of esters is 1. The molecule has 0 heterocycles. The molecule has 22 heavy (non-hydrogen) atoms. The van der Waals surface area contributed by atoms with Crippen LogP contribution in [0.3, 0.4) is 0 Å². The summed E-state index contributed by atoms with van der Waals surface area (Å²) in [5, 5.41) is 0. The zero-order valence-electron chi connectivity index (χ0n) is 13.3. The van der Waals surface area contributed by atoms with Gasteiger partial charge in [-0.05, 0) is 19.4 Å². The van der Waals surface area contributed by atoms with E-state index < -0.39 is 5.41 Å². The number of carbonyl (C=O) groups excluding carboxylic acids is 1. The molecule has 4 nitrogen and oxygen atoms in total.